The fraction of sp³-hybridized carbons (Fsp3) is 0.150. The number of carbonyl (C=O) groups is 1. The lowest BCUT2D eigenvalue weighted by molar-refractivity contribution is -0.117. The number of benzene rings is 2. The Morgan fingerprint density at radius 1 is 1.08 bits per heavy atom. The average molecular weight is 351 g/mol. The maximum Gasteiger partial charge on any atom is 0.267 e. The quantitative estimate of drug-likeness (QED) is 0.784. The predicted octanol–water partition coefficient (Wildman–Crippen LogP) is 3.30. The summed E-state index contributed by atoms with van der Waals surface area (Å²) in [5, 5.41) is 6.83. The number of aryl methyl sites for hydroxylation is 2. The summed E-state index contributed by atoms with van der Waals surface area (Å²) >= 11 is 0. The standard InChI is InChI=1S/C20H18FN3O2/c1-13-3-6-15(7-4-13)18-9-10-20(26)24(23-18)12-19(25)22-16-8-5-14(2)17(21)11-16/h3-11H,12H2,1-2H3,(H,22,25). The van der Waals surface area contributed by atoms with E-state index in [0.717, 1.165) is 15.8 Å². The van der Waals surface area contributed by atoms with E-state index in [2.05, 4.69) is 10.4 Å². The van der Waals surface area contributed by atoms with E-state index < -0.39 is 11.7 Å². The Labute approximate surface area is 150 Å². The Morgan fingerprint density at radius 3 is 2.50 bits per heavy atom. The predicted molar refractivity (Wildman–Crippen MR) is 98.4 cm³/mol. The van der Waals surface area contributed by atoms with Crippen molar-refractivity contribution < 1.29 is 9.18 Å². The molecular formula is C20H18FN3O2. The number of nitrogens with one attached hydrogen (secondary N) is 1. The summed E-state index contributed by atoms with van der Waals surface area (Å²) in [4.78, 5) is 24.2. The maximum atomic E-state index is 13.6. The molecular weight excluding hydrogens is 333 g/mol. The Kier molecular flexibility index (Phi) is 4.93. The van der Waals surface area contributed by atoms with Crippen molar-refractivity contribution in [1.82, 2.24) is 9.78 Å². The van der Waals surface area contributed by atoms with Gasteiger partial charge in [0.2, 0.25) is 5.91 Å². The van der Waals surface area contributed by atoms with Gasteiger partial charge in [-0.15, -0.1) is 0 Å². The second-order valence-electron chi connectivity index (χ2n) is 6.09. The molecule has 6 heteroatoms. The van der Waals surface area contributed by atoms with Gasteiger partial charge in [0, 0.05) is 17.3 Å². The van der Waals surface area contributed by atoms with Gasteiger partial charge in [0.15, 0.2) is 0 Å². The first-order valence-corrected chi connectivity index (χ1v) is 8.13. The van der Waals surface area contributed by atoms with Crippen LogP contribution < -0.4 is 10.9 Å². The first kappa shape index (κ1) is 17.5. The third-order valence-corrected chi connectivity index (χ3v) is 3.96. The first-order valence-electron chi connectivity index (χ1n) is 8.13. The molecule has 0 atom stereocenters. The van der Waals surface area contributed by atoms with E-state index in [-0.39, 0.29) is 12.1 Å². The molecule has 0 aliphatic rings. The molecule has 1 amide bonds. The number of halogens is 1. The number of nitrogens with zero attached hydrogens (tertiary/aromatic N) is 2. The van der Waals surface area contributed by atoms with Crippen molar-refractivity contribution in [2.45, 2.75) is 20.4 Å². The van der Waals surface area contributed by atoms with Crippen molar-refractivity contribution in [3.8, 4) is 11.3 Å². The summed E-state index contributed by atoms with van der Waals surface area (Å²) in [5.41, 5.74) is 3.01. The number of carbonyl (C=O) groups excluding carboxylic acids is 1. The highest BCUT2D eigenvalue weighted by Crippen LogP contribution is 2.16. The van der Waals surface area contributed by atoms with E-state index in [4.69, 9.17) is 0 Å². The van der Waals surface area contributed by atoms with E-state index in [1.807, 2.05) is 31.2 Å². The van der Waals surface area contributed by atoms with Crippen LogP contribution in [0.5, 0.6) is 0 Å². The molecule has 3 aromatic rings. The topological polar surface area (TPSA) is 64.0 Å². The number of amides is 1. The Balaban J connectivity index is 1.79. The molecule has 0 aliphatic carbocycles. The number of aromatic nitrogens is 2. The molecule has 3 rings (SSSR count). The molecule has 0 fully saturated rings. The average Bonchev–Trinajstić information content (AvgIpc) is 2.61. The number of hydrogen-bond donors (Lipinski definition) is 1. The van der Waals surface area contributed by atoms with Gasteiger partial charge in [-0.25, -0.2) is 9.07 Å². The smallest absolute Gasteiger partial charge is 0.267 e. The minimum absolute atomic E-state index is 0.256. The lowest BCUT2D eigenvalue weighted by atomic mass is 10.1. The van der Waals surface area contributed by atoms with Crippen LogP contribution >= 0.6 is 0 Å². The van der Waals surface area contributed by atoms with Gasteiger partial charge in [-0.2, -0.15) is 5.10 Å². The summed E-state index contributed by atoms with van der Waals surface area (Å²) in [5.74, 6) is -0.858. The van der Waals surface area contributed by atoms with Crippen molar-refractivity contribution in [2.75, 3.05) is 5.32 Å². The van der Waals surface area contributed by atoms with Gasteiger partial charge < -0.3 is 5.32 Å². The second-order valence-corrected chi connectivity index (χ2v) is 6.09. The van der Waals surface area contributed by atoms with Crippen LogP contribution in [0.4, 0.5) is 10.1 Å². The van der Waals surface area contributed by atoms with E-state index >= 15 is 0 Å². The summed E-state index contributed by atoms with van der Waals surface area (Å²) in [7, 11) is 0. The van der Waals surface area contributed by atoms with Crippen LogP contribution in [-0.2, 0) is 11.3 Å². The van der Waals surface area contributed by atoms with Gasteiger partial charge in [0.05, 0.1) is 5.69 Å². The number of anilines is 1. The summed E-state index contributed by atoms with van der Waals surface area (Å²) in [6, 6.07) is 15.1. The molecule has 1 N–H and O–H groups in total. The monoisotopic (exact) mass is 351 g/mol. The molecule has 0 radical (unpaired) electrons. The van der Waals surface area contributed by atoms with Crippen molar-refractivity contribution >= 4 is 11.6 Å². The Hall–Kier alpha value is -3.28. The van der Waals surface area contributed by atoms with Crippen molar-refractivity contribution in [3.05, 3.63) is 81.9 Å². The zero-order valence-corrected chi connectivity index (χ0v) is 14.5. The molecule has 0 aliphatic heterocycles. The summed E-state index contributed by atoms with van der Waals surface area (Å²) in [6.45, 7) is 3.37. The lowest BCUT2D eigenvalue weighted by Gasteiger charge is -2.09. The second kappa shape index (κ2) is 7.31. The molecule has 2 aromatic carbocycles. The van der Waals surface area contributed by atoms with Crippen LogP contribution in [0.1, 0.15) is 11.1 Å². The maximum absolute atomic E-state index is 13.6. The molecule has 0 saturated carbocycles. The highest BCUT2D eigenvalue weighted by molar-refractivity contribution is 5.90. The van der Waals surface area contributed by atoms with Gasteiger partial charge in [-0.3, -0.25) is 9.59 Å². The van der Waals surface area contributed by atoms with Crippen LogP contribution in [0.25, 0.3) is 11.3 Å². The normalized spacial score (nSPS) is 10.6. The van der Waals surface area contributed by atoms with Gasteiger partial charge in [-0.1, -0.05) is 35.9 Å². The molecule has 0 unspecified atom stereocenters. The largest absolute Gasteiger partial charge is 0.324 e. The van der Waals surface area contributed by atoms with E-state index in [9.17, 15) is 14.0 Å². The zero-order chi connectivity index (χ0) is 18.7. The zero-order valence-electron chi connectivity index (χ0n) is 14.5. The molecule has 132 valence electrons. The van der Waals surface area contributed by atoms with Gasteiger partial charge in [0.1, 0.15) is 12.4 Å². The van der Waals surface area contributed by atoms with Crippen LogP contribution in [0, 0.1) is 19.7 Å². The van der Waals surface area contributed by atoms with Crippen molar-refractivity contribution in [1.29, 1.82) is 0 Å². The minimum atomic E-state index is -0.455. The fourth-order valence-electron chi connectivity index (χ4n) is 2.45. The summed E-state index contributed by atoms with van der Waals surface area (Å²) < 4.78 is 14.7. The highest BCUT2D eigenvalue weighted by atomic mass is 19.1. The highest BCUT2D eigenvalue weighted by Gasteiger charge is 2.09. The van der Waals surface area contributed by atoms with Gasteiger partial charge in [-0.05, 0) is 37.6 Å². The van der Waals surface area contributed by atoms with Crippen LogP contribution in [-0.4, -0.2) is 15.7 Å². The van der Waals surface area contributed by atoms with Crippen molar-refractivity contribution in [3.63, 3.8) is 0 Å². The first-order chi connectivity index (χ1) is 12.4. The third-order valence-electron chi connectivity index (χ3n) is 3.96. The third kappa shape index (κ3) is 4.03. The van der Waals surface area contributed by atoms with Crippen LogP contribution in [0.15, 0.2) is 59.4 Å². The molecule has 26 heavy (non-hydrogen) atoms. The van der Waals surface area contributed by atoms with Crippen LogP contribution in [0.3, 0.4) is 0 Å². The molecule has 0 spiro atoms. The fourth-order valence-corrected chi connectivity index (χ4v) is 2.45. The van der Waals surface area contributed by atoms with Gasteiger partial charge in [0.25, 0.3) is 5.56 Å². The molecule has 0 bridgehead atoms. The Bertz CT molecular complexity index is 1010. The number of rotatable bonds is 4. The van der Waals surface area contributed by atoms with E-state index in [1.165, 1.54) is 12.1 Å². The Morgan fingerprint density at radius 2 is 1.81 bits per heavy atom. The molecule has 1 heterocycles. The minimum Gasteiger partial charge on any atom is -0.324 e. The SMILES string of the molecule is Cc1ccc(-c2ccc(=O)n(CC(=O)Nc3ccc(C)c(F)c3)n2)cc1. The van der Waals surface area contributed by atoms with Crippen molar-refractivity contribution in [2.24, 2.45) is 0 Å². The lowest BCUT2D eigenvalue weighted by Crippen LogP contribution is -2.29. The van der Waals surface area contributed by atoms with E-state index in [1.54, 1.807) is 25.1 Å². The molecule has 0 saturated heterocycles. The summed E-state index contributed by atoms with van der Waals surface area (Å²) in [6.07, 6.45) is 0. The molecule has 5 nitrogen and oxygen atoms in total. The van der Waals surface area contributed by atoms with Crippen LogP contribution in [0.2, 0.25) is 0 Å². The number of hydrogen-bond acceptors (Lipinski definition) is 3. The molecule has 1 aromatic heterocycles. The van der Waals surface area contributed by atoms with Gasteiger partial charge >= 0.3 is 0 Å². The van der Waals surface area contributed by atoms with E-state index in [0.29, 0.717) is 16.9 Å².